The van der Waals surface area contributed by atoms with E-state index in [4.69, 9.17) is 0 Å². The normalized spacial score (nSPS) is 17.4. The lowest BCUT2D eigenvalue weighted by Gasteiger charge is -2.16. The van der Waals surface area contributed by atoms with E-state index < -0.39 is 70.3 Å². The highest BCUT2D eigenvalue weighted by Crippen LogP contribution is 2.19. The second-order valence-corrected chi connectivity index (χ2v) is 9.14. The fourth-order valence-electron chi connectivity index (χ4n) is 4.42. The average Bonchev–Trinajstić information content (AvgIpc) is 3.28. The monoisotopic (exact) mass is 526 g/mol. The second-order valence-electron chi connectivity index (χ2n) is 9.14. The lowest BCUT2D eigenvalue weighted by Crippen LogP contribution is -2.40. The first kappa shape index (κ1) is 26.9. The van der Waals surface area contributed by atoms with Gasteiger partial charge in [0.2, 0.25) is 0 Å². The molecule has 0 aliphatic heterocycles. The van der Waals surface area contributed by atoms with Crippen LogP contribution in [-0.2, 0) is 17.8 Å². The van der Waals surface area contributed by atoms with E-state index in [9.17, 15) is 37.8 Å². The summed E-state index contributed by atoms with van der Waals surface area (Å²) in [5.41, 5.74) is -1.30. The molecule has 1 saturated carbocycles. The summed E-state index contributed by atoms with van der Waals surface area (Å²) in [5, 5.41) is 22.5. The van der Waals surface area contributed by atoms with E-state index in [-0.39, 0.29) is 17.5 Å². The fourth-order valence-corrected chi connectivity index (χ4v) is 4.42. The minimum Gasteiger partial charge on any atom is -0.503 e. The van der Waals surface area contributed by atoms with Gasteiger partial charge in [-0.3, -0.25) is 14.4 Å². The largest absolute Gasteiger partial charge is 0.503 e. The molecule has 38 heavy (non-hydrogen) atoms. The first-order valence-electron chi connectivity index (χ1n) is 12.0. The van der Waals surface area contributed by atoms with Gasteiger partial charge in [-0.1, -0.05) is 24.3 Å². The molecule has 2 aromatic carbocycles. The predicted octanol–water partition coefficient (Wildman–Crippen LogP) is 3.56. The number of carbonyl (C=O) groups excluding carboxylic acids is 2. The van der Waals surface area contributed by atoms with E-state index >= 15 is 0 Å². The number of aliphatic hydroxyl groups is 2. The van der Waals surface area contributed by atoms with Crippen molar-refractivity contribution in [3.05, 3.63) is 117 Å². The number of ketones is 1. The highest BCUT2D eigenvalue weighted by molar-refractivity contribution is 6.08. The molecular weight excluding hydrogens is 501 g/mol. The van der Waals surface area contributed by atoms with Crippen molar-refractivity contribution in [2.24, 2.45) is 0 Å². The minimum absolute atomic E-state index is 0.0528. The van der Waals surface area contributed by atoms with Crippen LogP contribution < -0.4 is 10.9 Å². The SMILES string of the molecule is O=C(NC1CCCC1O)C(O)=CC(=O)c1cc(Cc2ccccc2F)cn(Cc2c(F)cccc2F)c1=O. The van der Waals surface area contributed by atoms with Crippen LogP contribution in [0.4, 0.5) is 13.2 Å². The van der Waals surface area contributed by atoms with Gasteiger partial charge in [-0.2, -0.15) is 0 Å². The zero-order chi connectivity index (χ0) is 27.4. The van der Waals surface area contributed by atoms with Crippen molar-refractivity contribution < 1.29 is 33.0 Å². The van der Waals surface area contributed by atoms with E-state index in [0.717, 1.165) is 16.7 Å². The maximum atomic E-state index is 14.3. The summed E-state index contributed by atoms with van der Waals surface area (Å²) < 4.78 is 43.8. The summed E-state index contributed by atoms with van der Waals surface area (Å²) in [6, 6.07) is 9.69. The molecule has 0 saturated heterocycles. The number of pyridine rings is 1. The Morgan fingerprint density at radius 1 is 1.03 bits per heavy atom. The molecule has 1 aliphatic rings. The molecular formula is C28H25F3N2O5. The molecule has 7 nitrogen and oxygen atoms in total. The zero-order valence-corrected chi connectivity index (χ0v) is 20.2. The third-order valence-electron chi connectivity index (χ3n) is 6.45. The van der Waals surface area contributed by atoms with E-state index in [1.807, 2.05) is 0 Å². The van der Waals surface area contributed by atoms with Gasteiger partial charge in [-0.05, 0) is 54.7 Å². The Bertz CT molecular complexity index is 1450. The second kappa shape index (κ2) is 11.5. The molecule has 0 bridgehead atoms. The summed E-state index contributed by atoms with van der Waals surface area (Å²) in [7, 11) is 0. The van der Waals surface area contributed by atoms with Crippen LogP contribution in [0, 0.1) is 17.5 Å². The molecule has 3 N–H and O–H groups in total. The van der Waals surface area contributed by atoms with E-state index in [0.29, 0.717) is 25.3 Å². The average molecular weight is 527 g/mol. The first-order valence-corrected chi connectivity index (χ1v) is 12.0. The summed E-state index contributed by atoms with van der Waals surface area (Å²) in [5.74, 6) is -5.32. The van der Waals surface area contributed by atoms with Crippen molar-refractivity contribution in [2.75, 3.05) is 0 Å². The number of rotatable bonds is 8. The minimum atomic E-state index is -1.03. The van der Waals surface area contributed by atoms with Crippen LogP contribution in [0.5, 0.6) is 0 Å². The molecule has 1 aliphatic carbocycles. The fraction of sp³-hybridized carbons (Fsp3) is 0.250. The van der Waals surface area contributed by atoms with Gasteiger partial charge in [-0.15, -0.1) is 0 Å². The van der Waals surface area contributed by atoms with Crippen molar-refractivity contribution in [3.8, 4) is 0 Å². The Labute approximate surface area is 215 Å². The smallest absolute Gasteiger partial charge is 0.286 e. The van der Waals surface area contributed by atoms with E-state index in [1.165, 1.54) is 36.5 Å². The van der Waals surface area contributed by atoms with Crippen molar-refractivity contribution >= 4 is 11.7 Å². The number of benzene rings is 2. The molecule has 10 heteroatoms. The number of aliphatic hydroxyl groups excluding tert-OH is 2. The molecule has 0 spiro atoms. The van der Waals surface area contributed by atoms with Gasteiger partial charge >= 0.3 is 0 Å². The van der Waals surface area contributed by atoms with Gasteiger partial charge < -0.3 is 20.1 Å². The van der Waals surface area contributed by atoms with Crippen molar-refractivity contribution in [1.82, 2.24) is 9.88 Å². The Morgan fingerprint density at radius 3 is 2.37 bits per heavy atom. The highest BCUT2D eigenvalue weighted by Gasteiger charge is 2.28. The number of nitrogens with zero attached hydrogens (tertiary/aromatic N) is 1. The zero-order valence-electron chi connectivity index (χ0n) is 20.2. The first-order chi connectivity index (χ1) is 18.1. The topological polar surface area (TPSA) is 109 Å². The van der Waals surface area contributed by atoms with Crippen LogP contribution in [0.1, 0.15) is 46.3 Å². The third-order valence-corrected chi connectivity index (χ3v) is 6.45. The van der Waals surface area contributed by atoms with Crippen LogP contribution in [0.15, 0.2) is 71.4 Å². The number of nitrogens with one attached hydrogen (secondary N) is 1. The number of hydrogen-bond donors (Lipinski definition) is 3. The van der Waals surface area contributed by atoms with Gasteiger partial charge in [0.05, 0.1) is 24.3 Å². The summed E-state index contributed by atoms with van der Waals surface area (Å²) in [6.45, 7) is -0.557. The molecule has 4 rings (SSSR count). The van der Waals surface area contributed by atoms with Crippen LogP contribution in [-0.4, -0.2) is 38.6 Å². The number of aromatic nitrogens is 1. The Morgan fingerprint density at radius 2 is 1.71 bits per heavy atom. The quantitative estimate of drug-likeness (QED) is 0.236. The lowest BCUT2D eigenvalue weighted by atomic mass is 10.0. The molecule has 198 valence electrons. The maximum absolute atomic E-state index is 14.3. The molecule has 3 aromatic rings. The van der Waals surface area contributed by atoms with Gasteiger partial charge in [0.1, 0.15) is 17.5 Å². The van der Waals surface area contributed by atoms with Gasteiger partial charge in [0.25, 0.3) is 11.5 Å². The number of carbonyl (C=O) groups is 2. The van der Waals surface area contributed by atoms with Crippen molar-refractivity contribution in [1.29, 1.82) is 0 Å². The number of amides is 1. The van der Waals surface area contributed by atoms with E-state index in [1.54, 1.807) is 6.07 Å². The maximum Gasteiger partial charge on any atom is 0.286 e. The Balaban J connectivity index is 1.70. The predicted molar refractivity (Wildman–Crippen MR) is 132 cm³/mol. The summed E-state index contributed by atoms with van der Waals surface area (Å²) in [4.78, 5) is 38.5. The molecule has 2 atom stereocenters. The van der Waals surface area contributed by atoms with Gasteiger partial charge in [0.15, 0.2) is 11.5 Å². The molecule has 2 unspecified atom stereocenters. The Kier molecular flexibility index (Phi) is 8.11. The van der Waals surface area contributed by atoms with Crippen LogP contribution in [0.25, 0.3) is 0 Å². The van der Waals surface area contributed by atoms with Crippen LogP contribution in [0.3, 0.4) is 0 Å². The van der Waals surface area contributed by atoms with Gasteiger partial charge in [-0.25, -0.2) is 13.2 Å². The molecule has 1 heterocycles. The van der Waals surface area contributed by atoms with Gasteiger partial charge in [0, 0.05) is 24.3 Å². The molecule has 1 fully saturated rings. The molecule has 0 radical (unpaired) electrons. The van der Waals surface area contributed by atoms with Crippen molar-refractivity contribution in [2.45, 2.75) is 44.4 Å². The summed E-state index contributed by atoms with van der Waals surface area (Å²) in [6.07, 6.45) is 2.69. The van der Waals surface area contributed by atoms with Crippen LogP contribution in [0.2, 0.25) is 0 Å². The number of allylic oxidation sites excluding steroid dienone is 1. The third kappa shape index (κ3) is 6.03. The van der Waals surface area contributed by atoms with E-state index in [2.05, 4.69) is 5.32 Å². The highest BCUT2D eigenvalue weighted by atomic mass is 19.1. The number of halogens is 3. The standard InChI is InChI=1S/C28H25F3N2O5/c29-20-6-2-1-5-17(20)11-16-12-18(25(35)13-26(36)27(37)32-23-9-4-10-24(23)34)28(38)33(14-16)15-19-21(30)7-3-8-22(19)31/h1-3,5-8,12-14,23-24,34,36H,4,9-11,15H2,(H,32,37). The summed E-state index contributed by atoms with van der Waals surface area (Å²) >= 11 is 0. The number of hydrogen-bond acceptors (Lipinski definition) is 5. The lowest BCUT2D eigenvalue weighted by molar-refractivity contribution is -0.121. The molecule has 1 amide bonds. The van der Waals surface area contributed by atoms with Crippen molar-refractivity contribution in [3.63, 3.8) is 0 Å². The Hall–Kier alpha value is -4.18. The van der Waals surface area contributed by atoms with Crippen LogP contribution >= 0.6 is 0 Å². The molecule has 1 aromatic heterocycles.